The van der Waals surface area contributed by atoms with E-state index in [1.807, 2.05) is 6.92 Å². The molecule has 1 aliphatic heterocycles. The van der Waals surface area contributed by atoms with Crippen LogP contribution in [0.5, 0.6) is 0 Å². The monoisotopic (exact) mass is 298 g/mol. The summed E-state index contributed by atoms with van der Waals surface area (Å²) in [6.45, 7) is 2.38. The van der Waals surface area contributed by atoms with Gasteiger partial charge in [-0.3, -0.25) is 4.72 Å². The highest BCUT2D eigenvalue weighted by Crippen LogP contribution is 2.22. The molecular formula is C13H18N2O4S. The van der Waals surface area contributed by atoms with Crippen molar-refractivity contribution in [2.75, 3.05) is 17.0 Å². The summed E-state index contributed by atoms with van der Waals surface area (Å²) in [5, 5.41) is 2.57. The third-order valence-electron chi connectivity index (χ3n) is 3.00. The number of rotatable bonds is 6. The summed E-state index contributed by atoms with van der Waals surface area (Å²) in [7, 11) is -3.29. The molecule has 0 bridgehead atoms. The van der Waals surface area contributed by atoms with Crippen LogP contribution >= 0.6 is 0 Å². The molecule has 1 heterocycles. The second-order valence-electron chi connectivity index (χ2n) is 4.67. The molecule has 1 aromatic rings. The number of alkyl carbamates (subject to hydrolysis) is 1. The largest absolute Gasteiger partial charge is 0.439 e. The van der Waals surface area contributed by atoms with Crippen molar-refractivity contribution >= 4 is 21.8 Å². The van der Waals surface area contributed by atoms with E-state index in [0.717, 1.165) is 12.0 Å². The number of benzene rings is 1. The minimum Gasteiger partial charge on any atom is -0.439 e. The lowest BCUT2D eigenvalue weighted by Gasteiger charge is -2.10. The molecule has 1 fully saturated rings. The van der Waals surface area contributed by atoms with Gasteiger partial charge in [0.05, 0.1) is 12.3 Å². The number of carbonyl (C=O) groups is 1. The van der Waals surface area contributed by atoms with E-state index in [0.29, 0.717) is 18.7 Å². The first-order valence-corrected chi connectivity index (χ1v) is 8.20. The Labute approximate surface area is 118 Å². The van der Waals surface area contributed by atoms with Gasteiger partial charge >= 0.3 is 6.09 Å². The van der Waals surface area contributed by atoms with Crippen LogP contribution in [0.1, 0.15) is 31.4 Å². The van der Waals surface area contributed by atoms with Crippen LogP contribution in [0.3, 0.4) is 0 Å². The molecule has 2 rings (SSSR count). The molecule has 1 atom stereocenters. The van der Waals surface area contributed by atoms with Gasteiger partial charge in [0, 0.05) is 5.69 Å². The van der Waals surface area contributed by atoms with Gasteiger partial charge in [-0.15, -0.1) is 0 Å². The van der Waals surface area contributed by atoms with Crippen molar-refractivity contribution in [1.82, 2.24) is 5.32 Å². The lowest BCUT2D eigenvalue weighted by atomic mass is 10.1. The number of amides is 1. The number of hydrogen-bond donors (Lipinski definition) is 2. The Morgan fingerprint density at radius 3 is 2.60 bits per heavy atom. The standard InChI is InChI=1S/C13H18N2O4S/c1-2-3-8-20(17,18)15-11-6-4-10(5-7-11)12-9-14-13(16)19-12/h4-7,12,15H,2-3,8-9H2,1H3,(H,14,16). The lowest BCUT2D eigenvalue weighted by Crippen LogP contribution is -2.16. The molecule has 0 aliphatic carbocycles. The smallest absolute Gasteiger partial charge is 0.407 e. The van der Waals surface area contributed by atoms with E-state index >= 15 is 0 Å². The first-order chi connectivity index (χ1) is 9.50. The van der Waals surface area contributed by atoms with Gasteiger partial charge in [0.2, 0.25) is 10.0 Å². The van der Waals surface area contributed by atoms with Gasteiger partial charge in [-0.2, -0.15) is 0 Å². The molecule has 2 N–H and O–H groups in total. The first-order valence-electron chi connectivity index (χ1n) is 6.55. The fraction of sp³-hybridized carbons (Fsp3) is 0.462. The summed E-state index contributed by atoms with van der Waals surface area (Å²) in [6.07, 6.45) is 0.726. The second kappa shape index (κ2) is 6.13. The molecule has 0 spiro atoms. The summed E-state index contributed by atoms with van der Waals surface area (Å²) in [5.41, 5.74) is 1.35. The predicted octanol–water partition coefficient (Wildman–Crippen LogP) is 2.01. The Hall–Kier alpha value is -1.76. The van der Waals surface area contributed by atoms with Crippen LogP contribution in [-0.2, 0) is 14.8 Å². The molecular weight excluding hydrogens is 280 g/mol. The quantitative estimate of drug-likeness (QED) is 0.841. The SMILES string of the molecule is CCCCS(=O)(=O)Nc1ccc(C2CNC(=O)O2)cc1. The Kier molecular flexibility index (Phi) is 4.49. The lowest BCUT2D eigenvalue weighted by molar-refractivity contribution is 0.141. The molecule has 1 unspecified atom stereocenters. The van der Waals surface area contributed by atoms with E-state index in [9.17, 15) is 13.2 Å². The molecule has 1 aromatic carbocycles. The maximum Gasteiger partial charge on any atom is 0.407 e. The van der Waals surface area contributed by atoms with Crippen molar-refractivity contribution in [3.05, 3.63) is 29.8 Å². The summed E-state index contributed by atoms with van der Waals surface area (Å²) >= 11 is 0. The van der Waals surface area contributed by atoms with E-state index in [1.165, 1.54) is 0 Å². The fourth-order valence-electron chi connectivity index (χ4n) is 1.91. The summed E-state index contributed by atoms with van der Waals surface area (Å²) in [4.78, 5) is 11.0. The summed E-state index contributed by atoms with van der Waals surface area (Å²) in [5.74, 6) is 0.120. The number of carbonyl (C=O) groups excluding carboxylic acids is 1. The number of cyclic esters (lactones) is 1. The number of ether oxygens (including phenoxy) is 1. The van der Waals surface area contributed by atoms with Crippen LogP contribution in [0.25, 0.3) is 0 Å². The maximum absolute atomic E-state index is 11.8. The normalized spacial score (nSPS) is 18.4. The fourth-order valence-corrected chi connectivity index (χ4v) is 3.17. The Morgan fingerprint density at radius 2 is 2.05 bits per heavy atom. The first kappa shape index (κ1) is 14.6. The van der Waals surface area contributed by atoms with Gasteiger partial charge in [-0.1, -0.05) is 25.5 Å². The van der Waals surface area contributed by atoms with Gasteiger partial charge in [-0.25, -0.2) is 13.2 Å². The summed E-state index contributed by atoms with van der Waals surface area (Å²) < 4.78 is 31.1. The van der Waals surface area contributed by atoms with Crippen molar-refractivity contribution in [2.45, 2.75) is 25.9 Å². The molecule has 110 valence electrons. The Balaban J connectivity index is 2.00. The van der Waals surface area contributed by atoms with Gasteiger partial charge in [0.15, 0.2) is 0 Å². The van der Waals surface area contributed by atoms with E-state index in [2.05, 4.69) is 10.0 Å². The van der Waals surface area contributed by atoms with E-state index in [-0.39, 0.29) is 11.9 Å². The minimum absolute atomic E-state index is 0.120. The molecule has 0 radical (unpaired) electrons. The van der Waals surface area contributed by atoms with Crippen LogP contribution in [0.4, 0.5) is 10.5 Å². The Bertz CT molecular complexity index is 569. The zero-order valence-electron chi connectivity index (χ0n) is 11.3. The molecule has 1 aliphatic rings. The second-order valence-corrected chi connectivity index (χ2v) is 6.51. The number of unbranched alkanes of at least 4 members (excludes halogenated alkanes) is 1. The van der Waals surface area contributed by atoms with Crippen LogP contribution in [0, 0.1) is 0 Å². The maximum atomic E-state index is 11.8. The topological polar surface area (TPSA) is 84.5 Å². The molecule has 1 amide bonds. The molecule has 0 saturated carbocycles. The van der Waals surface area contributed by atoms with Gasteiger partial charge in [0.1, 0.15) is 6.10 Å². The van der Waals surface area contributed by atoms with Crippen LogP contribution in [0.2, 0.25) is 0 Å². The third kappa shape index (κ3) is 3.86. The van der Waals surface area contributed by atoms with Crippen LogP contribution in [0.15, 0.2) is 24.3 Å². The van der Waals surface area contributed by atoms with Crippen molar-refractivity contribution in [3.63, 3.8) is 0 Å². The van der Waals surface area contributed by atoms with Crippen molar-refractivity contribution in [3.8, 4) is 0 Å². The highest BCUT2D eigenvalue weighted by atomic mass is 32.2. The van der Waals surface area contributed by atoms with Gasteiger partial charge < -0.3 is 10.1 Å². The predicted molar refractivity (Wildman–Crippen MR) is 76.0 cm³/mol. The molecule has 20 heavy (non-hydrogen) atoms. The van der Waals surface area contributed by atoms with Crippen molar-refractivity contribution in [2.24, 2.45) is 0 Å². The van der Waals surface area contributed by atoms with E-state index in [4.69, 9.17) is 4.74 Å². The van der Waals surface area contributed by atoms with Gasteiger partial charge in [-0.05, 0) is 24.1 Å². The molecule has 1 saturated heterocycles. The zero-order valence-corrected chi connectivity index (χ0v) is 12.1. The Morgan fingerprint density at radius 1 is 1.35 bits per heavy atom. The van der Waals surface area contributed by atoms with Crippen LogP contribution < -0.4 is 10.0 Å². The average Bonchev–Trinajstić information content (AvgIpc) is 2.84. The average molecular weight is 298 g/mol. The third-order valence-corrected chi connectivity index (χ3v) is 4.38. The van der Waals surface area contributed by atoms with E-state index < -0.39 is 16.1 Å². The number of anilines is 1. The number of hydrogen-bond acceptors (Lipinski definition) is 4. The van der Waals surface area contributed by atoms with Crippen LogP contribution in [-0.4, -0.2) is 26.8 Å². The molecule has 7 heteroatoms. The molecule has 0 aromatic heterocycles. The molecule has 6 nitrogen and oxygen atoms in total. The minimum atomic E-state index is -3.29. The highest BCUT2D eigenvalue weighted by Gasteiger charge is 2.23. The van der Waals surface area contributed by atoms with Crippen molar-refractivity contribution < 1.29 is 17.9 Å². The van der Waals surface area contributed by atoms with Crippen molar-refractivity contribution in [1.29, 1.82) is 0 Å². The van der Waals surface area contributed by atoms with E-state index in [1.54, 1.807) is 24.3 Å². The zero-order chi connectivity index (χ0) is 14.6. The highest BCUT2D eigenvalue weighted by molar-refractivity contribution is 7.92. The number of nitrogens with one attached hydrogen (secondary N) is 2. The van der Waals surface area contributed by atoms with Gasteiger partial charge in [0.25, 0.3) is 0 Å². The number of sulfonamides is 1. The summed E-state index contributed by atoms with van der Waals surface area (Å²) in [6, 6.07) is 6.85.